The van der Waals surface area contributed by atoms with Gasteiger partial charge in [-0.25, -0.2) is 4.98 Å². The molecule has 1 aromatic rings. The van der Waals surface area contributed by atoms with Crippen molar-refractivity contribution in [2.24, 2.45) is 7.05 Å². The molecule has 1 fully saturated rings. The average Bonchev–Trinajstić information content (AvgIpc) is 2.69. The smallest absolute Gasteiger partial charge is 0.152 e. The van der Waals surface area contributed by atoms with Crippen LogP contribution in [0.3, 0.4) is 0 Å². The lowest BCUT2D eigenvalue weighted by Crippen LogP contribution is -2.32. The standard InChI is InChI=1S/C12H22N4O/c1-3-4-11-14-12(16(2)15-11)9-17-10-5-7-13-8-6-10/h10,13H,3-9H2,1-2H3. The molecule has 1 N–H and O–H groups in total. The van der Waals surface area contributed by atoms with Gasteiger partial charge in [-0.3, -0.25) is 4.68 Å². The quantitative estimate of drug-likeness (QED) is 0.832. The van der Waals surface area contributed by atoms with Gasteiger partial charge in [-0.05, 0) is 32.4 Å². The Morgan fingerprint density at radius 1 is 1.41 bits per heavy atom. The molecule has 0 radical (unpaired) electrons. The van der Waals surface area contributed by atoms with Crippen LogP contribution in [-0.4, -0.2) is 34.0 Å². The molecule has 0 aliphatic carbocycles. The Kier molecular flexibility index (Phi) is 4.50. The maximum atomic E-state index is 5.88. The Morgan fingerprint density at radius 2 is 2.18 bits per heavy atom. The van der Waals surface area contributed by atoms with Crippen LogP contribution in [0.2, 0.25) is 0 Å². The average molecular weight is 238 g/mol. The Morgan fingerprint density at radius 3 is 2.88 bits per heavy atom. The first-order valence-corrected chi connectivity index (χ1v) is 6.50. The summed E-state index contributed by atoms with van der Waals surface area (Å²) in [5.41, 5.74) is 0. The van der Waals surface area contributed by atoms with E-state index in [1.165, 1.54) is 0 Å². The van der Waals surface area contributed by atoms with Crippen molar-refractivity contribution in [2.75, 3.05) is 13.1 Å². The van der Waals surface area contributed by atoms with E-state index >= 15 is 0 Å². The van der Waals surface area contributed by atoms with Gasteiger partial charge in [0.1, 0.15) is 6.61 Å². The monoisotopic (exact) mass is 238 g/mol. The molecule has 2 heterocycles. The zero-order valence-corrected chi connectivity index (χ0v) is 10.8. The van der Waals surface area contributed by atoms with Gasteiger partial charge < -0.3 is 10.1 Å². The molecular weight excluding hydrogens is 216 g/mol. The van der Waals surface area contributed by atoms with Crippen LogP contribution in [-0.2, 0) is 24.8 Å². The molecule has 96 valence electrons. The fraction of sp³-hybridized carbons (Fsp3) is 0.833. The van der Waals surface area contributed by atoms with Crippen molar-refractivity contribution in [3.63, 3.8) is 0 Å². The van der Waals surface area contributed by atoms with E-state index in [9.17, 15) is 0 Å². The van der Waals surface area contributed by atoms with E-state index in [1.54, 1.807) is 0 Å². The summed E-state index contributed by atoms with van der Waals surface area (Å²) in [5.74, 6) is 1.87. The van der Waals surface area contributed by atoms with Gasteiger partial charge in [0.15, 0.2) is 11.6 Å². The van der Waals surface area contributed by atoms with E-state index < -0.39 is 0 Å². The second-order valence-corrected chi connectivity index (χ2v) is 4.58. The third-order valence-electron chi connectivity index (χ3n) is 3.11. The molecule has 0 spiro atoms. The Bertz CT molecular complexity index is 344. The first kappa shape index (κ1) is 12.5. The summed E-state index contributed by atoms with van der Waals surface area (Å²) in [6, 6.07) is 0. The number of piperidine rings is 1. The molecule has 1 aliphatic rings. The molecule has 0 bridgehead atoms. The highest BCUT2D eigenvalue weighted by molar-refractivity contribution is 4.91. The van der Waals surface area contributed by atoms with Gasteiger partial charge in [0, 0.05) is 13.5 Å². The van der Waals surface area contributed by atoms with Crippen molar-refractivity contribution < 1.29 is 4.74 Å². The molecule has 17 heavy (non-hydrogen) atoms. The number of aryl methyl sites for hydroxylation is 2. The number of rotatable bonds is 5. The third kappa shape index (κ3) is 3.51. The molecule has 5 nitrogen and oxygen atoms in total. The minimum Gasteiger partial charge on any atom is -0.370 e. The maximum absolute atomic E-state index is 5.88. The van der Waals surface area contributed by atoms with Gasteiger partial charge in [-0.2, -0.15) is 5.10 Å². The zero-order chi connectivity index (χ0) is 12.1. The molecule has 1 saturated heterocycles. The molecule has 1 aliphatic heterocycles. The molecule has 0 unspecified atom stereocenters. The van der Waals surface area contributed by atoms with E-state index in [-0.39, 0.29) is 0 Å². The van der Waals surface area contributed by atoms with Gasteiger partial charge in [0.25, 0.3) is 0 Å². The van der Waals surface area contributed by atoms with Crippen molar-refractivity contribution in [3.05, 3.63) is 11.6 Å². The number of nitrogens with one attached hydrogen (secondary N) is 1. The lowest BCUT2D eigenvalue weighted by atomic mass is 10.1. The fourth-order valence-corrected chi connectivity index (χ4v) is 2.08. The molecule has 0 aromatic carbocycles. The minimum absolute atomic E-state index is 0.377. The number of nitrogens with zero attached hydrogens (tertiary/aromatic N) is 3. The van der Waals surface area contributed by atoms with Crippen LogP contribution in [0.1, 0.15) is 37.8 Å². The second kappa shape index (κ2) is 6.12. The van der Waals surface area contributed by atoms with Gasteiger partial charge >= 0.3 is 0 Å². The van der Waals surface area contributed by atoms with Crippen LogP contribution in [0.15, 0.2) is 0 Å². The topological polar surface area (TPSA) is 52.0 Å². The highest BCUT2D eigenvalue weighted by Crippen LogP contribution is 2.10. The maximum Gasteiger partial charge on any atom is 0.152 e. The molecule has 0 saturated carbocycles. The summed E-state index contributed by atoms with van der Waals surface area (Å²) in [6.07, 6.45) is 4.60. The van der Waals surface area contributed by atoms with Gasteiger partial charge in [0.2, 0.25) is 0 Å². The van der Waals surface area contributed by atoms with Crippen LogP contribution in [0.25, 0.3) is 0 Å². The summed E-state index contributed by atoms with van der Waals surface area (Å²) in [7, 11) is 1.94. The van der Waals surface area contributed by atoms with Crippen LogP contribution < -0.4 is 5.32 Å². The predicted octanol–water partition coefficient (Wildman–Crippen LogP) is 1.04. The Hall–Kier alpha value is -0.940. The van der Waals surface area contributed by atoms with Gasteiger partial charge in [-0.15, -0.1) is 0 Å². The predicted molar refractivity (Wildman–Crippen MR) is 65.7 cm³/mol. The Balaban J connectivity index is 1.84. The van der Waals surface area contributed by atoms with E-state index in [2.05, 4.69) is 22.3 Å². The largest absolute Gasteiger partial charge is 0.370 e. The number of hydrogen-bond acceptors (Lipinski definition) is 4. The number of hydrogen-bond donors (Lipinski definition) is 1. The van der Waals surface area contributed by atoms with Crippen molar-refractivity contribution in [1.82, 2.24) is 20.1 Å². The second-order valence-electron chi connectivity index (χ2n) is 4.58. The van der Waals surface area contributed by atoms with Crippen LogP contribution in [0, 0.1) is 0 Å². The lowest BCUT2D eigenvalue weighted by Gasteiger charge is -2.22. The summed E-state index contributed by atoms with van der Waals surface area (Å²) in [6.45, 7) is 4.84. The van der Waals surface area contributed by atoms with Gasteiger partial charge in [0.05, 0.1) is 6.10 Å². The van der Waals surface area contributed by atoms with Crippen LogP contribution >= 0.6 is 0 Å². The van der Waals surface area contributed by atoms with E-state index in [0.717, 1.165) is 50.4 Å². The van der Waals surface area contributed by atoms with Crippen molar-refractivity contribution in [3.8, 4) is 0 Å². The summed E-state index contributed by atoms with van der Waals surface area (Å²) < 4.78 is 7.72. The first-order chi connectivity index (χ1) is 8.29. The molecule has 0 amide bonds. The van der Waals surface area contributed by atoms with Crippen molar-refractivity contribution >= 4 is 0 Å². The summed E-state index contributed by atoms with van der Waals surface area (Å²) >= 11 is 0. The van der Waals surface area contributed by atoms with Gasteiger partial charge in [-0.1, -0.05) is 6.92 Å². The molecule has 1 aromatic heterocycles. The normalized spacial score (nSPS) is 17.5. The van der Waals surface area contributed by atoms with E-state index in [4.69, 9.17) is 4.74 Å². The first-order valence-electron chi connectivity index (χ1n) is 6.50. The summed E-state index contributed by atoms with van der Waals surface area (Å²) in [4.78, 5) is 4.50. The lowest BCUT2D eigenvalue weighted by molar-refractivity contribution is 0.0164. The minimum atomic E-state index is 0.377. The SMILES string of the molecule is CCCc1nc(COC2CCNCC2)n(C)n1. The number of aromatic nitrogens is 3. The van der Waals surface area contributed by atoms with E-state index in [0.29, 0.717) is 12.7 Å². The van der Waals surface area contributed by atoms with Crippen LogP contribution in [0.4, 0.5) is 0 Å². The van der Waals surface area contributed by atoms with Crippen molar-refractivity contribution in [2.45, 2.75) is 45.3 Å². The van der Waals surface area contributed by atoms with Crippen LogP contribution in [0.5, 0.6) is 0 Å². The summed E-state index contributed by atoms with van der Waals surface area (Å²) in [5, 5.41) is 7.71. The highest BCUT2D eigenvalue weighted by atomic mass is 16.5. The highest BCUT2D eigenvalue weighted by Gasteiger charge is 2.15. The third-order valence-corrected chi connectivity index (χ3v) is 3.11. The zero-order valence-electron chi connectivity index (χ0n) is 10.8. The Labute approximate surface area is 103 Å². The van der Waals surface area contributed by atoms with E-state index in [1.807, 2.05) is 11.7 Å². The molecular formula is C12H22N4O. The van der Waals surface area contributed by atoms with Crippen molar-refractivity contribution in [1.29, 1.82) is 0 Å². The number of ether oxygens (including phenoxy) is 1. The molecule has 2 rings (SSSR count). The molecule has 0 atom stereocenters. The molecule has 5 heteroatoms. The fourth-order valence-electron chi connectivity index (χ4n) is 2.08.